The molecule has 0 aliphatic carbocycles. The molecule has 0 spiro atoms. The van der Waals surface area contributed by atoms with Crippen LogP contribution < -0.4 is 5.32 Å². The lowest BCUT2D eigenvalue weighted by Gasteiger charge is -2.12. The SMILES string of the molecule is CCC(C)NC(=O)Cn1nnc(C(=O)O)c1C(F)F. The molecular weight excluding hydrogens is 262 g/mol. The molecule has 106 valence electrons. The normalized spacial score (nSPS) is 12.5. The highest BCUT2D eigenvalue weighted by molar-refractivity contribution is 5.86. The molecule has 0 saturated carbocycles. The monoisotopic (exact) mass is 276 g/mol. The fraction of sp³-hybridized carbons (Fsp3) is 0.600. The van der Waals surface area contributed by atoms with Crippen LogP contribution in [0.1, 0.15) is 42.9 Å². The molecule has 1 aromatic heterocycles. The van der Waals surface area contributed by atoms with Crippen molar-refractivity contribution in [1.82, 2.24) is 20.3 Å². The summed E-state index contributed by atoms with van der Waals surface area (Å²) in [5.41, 5.74) is -1.71. The number of nitrogens with zero attached hydrogens (tertiary/aromatic N) is 3. The van der Waals surface area contributed by atoms with E-state index in [1.54, 1.807) is 6.92 Å². The van der Waals surface area contributed by atoms with E-state index in [1.165, 1.54) is 0 Å². The molecule has 1 rings (SSSR count). The zero-order valence-electron chi connectivity index (χ0n) is 10.4. The minimum Gasteiger partial charge on any atom is -0.476 e. The number of rotatable bonds is 6. The first-order valence-electron chi connectivity index (χ1n) is 5.61. The lowest BCUT2D eigenvalue weighted by Crippen LogP contribution is -2.35. The van der Waals surface area contributed by atoms with Crippen LogP contribution in [0.15, 0.2) is 0 Å². The van der Waals surface area contributed by atoms with Gasteiger partial charge in [0.2, 0.25) is 5.91 Å². The number of hydrogen-bond acceptors (Lipinski definition) is 4. The van der Waals surface area contributed by atoms with Gasteiger partial charge in [0.25, 0.3) is 6.43 Å². The summed E-state index contributed by atoms with van der Waals surface area (Å²) in [5, 5.41) is 17.7. The van der Waals surface area contributed by atoms with Gasteiger partial charge in [-0.2, -0.15) is 0 Å². The summed E-state index contributed by atoms with van der Waals surface area (Å²) >= 11 is 0. The summed E-state index contributed by atoms with van der Waals surface area (Å²) in [4.78, 5) is 22.2. The Hall–Kier alpha value is -2.06. The minimum atomic E-state index is -3.07. The molecule has 0 saturated heterocycles. The average Bonchev–Trinajstić information content (AvgIpc) is 2.72. The number of carboxylic acid groups (broad SMARTS) is 1. The second-order valence-corrected chi connectivity index (χ2v) is 3.96. The summed E-state index contributed by atoms with van der Waals surface area (Å²) in [6.45, 7) is 3.12. The van der Waals surface area contributed by atoms with Crippen LogP contribution in [0.2, 0.25) is 0 Å². The van der Waals surface area contributed by atoms with Crippen LogP contribution in [0.25, 0.3) is 0 Å². The number of carboxylic acids is 1. The third-order valence-electron chi connectivity index (χ3n) is 2.50. The molecule has 0 bridgehead atoms. The summed E-state index contributed by atoms with van der Waals surface area (Å²) in [7, 11) is 0. The number of alkyl halides is 2. The maximum Gasteiger partial charge on any atom is 0.358 e. The van der Waals surface area contributed by atoms with Crippen molar-refractivity contribution in [3.63, 3.8) is 0 Å². The molecule has 2 N–H and O–H groups in total. The molecule has 1 aromatic rings. The maximum absolute atomic E-state index is 12.8. The van der Waals surface area contributed by atoms with Crippen LogP contribution in [0.4, 0.5) is 8.78 Å². The second-order valence-electron chi connectivity index (χ2n) is 3.96. The van der Waals surface area contributed by atoms with Gasteiger partial charge >= 0.3 is 5.97 Å². The molecule has 1 atom stereocenters. The van der Waals surface area contributed by atoms with E-state index < -0.39 is 36.2 Å². The largest absolute Gasteiger partial charge is 0.476 e. The third-order valence-corrected chi connectivity index (χ3v) is 2.50. The molecule has 1 heterocycles. The van der Waals surface area contributed by atoms with Crippen molar-refractivity contribution < 1.29 is 23.5 Å². The van der Waals surface area contributed by atoms with Crippen LogP contribution in [0.5, 0.6) is 0 Å². The molecule has 7 nitrogen and oxygen atoms in total. The number of amides is 1. The number of carbonyl (C=O) groups is 2. The molecule has 1 amide bonds. The second kappa shape index (κ2) is 6.21. The van der Waals surface area contributed by atoms with Crippen molar-refractivity contribution >= 4 is 11.9 Å². The van der Waals surface area contributed by atoms with Crippen molar-refractivity contribution in [1.29, 1.82) is 0 Å². The van der Waals surface area contributed by atoms with Gasteiger partial charge in [-0.1, -0.05) is 12.1 Å². The van der Waals surface area contributed by atoms with Crippen LogP contribution in [0.3, 0.4) is 0 Å². The predicted molar refractivity (Wildman–Crippen MR) is 59.8 cm³/mol. The van der Waals surface area contributed by atoms with Crippen LogP contribution in [-0.4, -0.2) is 38.0 Å². The molecule has 0 radical (unpaired) electrons. The van der Waals surface area contributed by atoms with E-state index in [0.29, 0.717) is 11.1 Å². The van der Waals surface area contributed by atoms with E-state index in [9.17, 15) is 18.4 Å². The lowest BCUT2D eigenvalue weighted by molar-refractivity contribution is -0.122. The highest BCUT2D eigenvalue weighted by Gasteiger charge is 2.27. The third kappa shape index (κ3) is 3.70. The van der Waals surface area contributed by atoms with E-state index in [0.717, 1.165) is 0 Å². The molecule has 0 aliphatic heterocycles. The standard InChI is InChI=1S/C10H14F2N4O3/c1-3-5(2)13-6(17)4-16-8(9(11)12)7(10(18)19)14-15-16/h5,9H,3-4H2,1-2H3,(H,13,17)(H,18,19). The smallest absolute Gasteiger partial charge is 0.358 e. The topological polar surface area (TPSA) is 97.1 Å². The van der Waals surface area contributed by atoms with E-state index >= 15 is 0 Å². The Balaban J connectivity index is 2.90. The van der Waals surface area contributed by atoms with Crippen LogP contribution in [0, 0.1) is 0 Å². The lowest BCUT2D eigenvalue weighted by atomic mass is 10.2. The fourth-order valence-electron chi connectivity index (χ4n) is 1.36. The number of nitrogens with one attached hydrogen (secondary N) is 1. The average molecular weight is 276 g/mol. The fourth-order valence-corrected chi connectivity index (χ4v) is 1.36. The first kappa shape index (κ1) is 15.0. The van der Waals surface area contributed by atoms with Crippen molar-refractivity contribution in [2.75, 3.05) is 0 Å². The molecule has 9 heteroatoms. The molecule has 0 aromatic carbocycles. The van der Waals surface area contributed by atoms with Gasteiger partial charge in [0, 0.05) is 6.04 Å². The van der Waals surface area contributed by atoms with E-state index in [-0.39, 0.29) is 6.04 Å². The summed E-state index contributed by atoms with van der Waals surface area (Å²) < 4.78 is 26.1. The minimum absolute atomic E-state index is 0.107. The van der Waals surface area contributed by atoms with Crippen molar-refractivity contribution in [3.05, 3.63) is 11.4 Å². The van der Waals surface area contributed by atoms with Gasteiger partial charge in [-0.25, -0.2) is 18.3 Å². The van der Waals surface area contributed by atoms with Gasteiger partial charge in [-0.05, 0) is 13.3 Å². The highest BCUT2D eigenvalue weighted by atomic mass is 19.3. The van der Waals surface area contributed by atoms with E-state index in [4.69, 9.17) is 5.11 Å². The number of aromatic carboxylic acids is 1. The summed E-state index contributed by atoms with van der Waals surface area (Å²) in [5.74, 6) is -2.14. The first-order valence-corrected chi connectivity index (χ1v) is 5.61. The van der Waals surface area contributed by atoms with Gasteiger partial charge in [0.05, 0.1) is 0 Å². The molecular formula is C10H14F2N4O3. The number of carbonyl (C=O) groups excluding carboxylic acids is 1. The van der Waals surface area contributed by atoms with Gasteiger partial charge < -0.3 is 10.4 Å². The highest BCUT2D eigenvalue weighted by Crippen LogP contribution is 2.21. The number of halogens is 2. The Labute approximate surface area is 107 Å². The predicted octanol–water partition coefficient (Wildman–Crippen LogP) is 0.829. The first-order chi connectivity index (χ1) is 8.86. The Kier molecular flexibility index (Phi) is 4.90. The Morgan fingerprint density at radius 2 is 2.11 bits per heavy atom. The summed E-state index contributed by atoms with van der Waals surface area (Å²) in [6, 6.07) is -0.107. The van der Waals surface area contributed by atoms with Crippen LogP contribution >= 0.6 is 0 Å². The Morgan fingerprint density at radius 1 is 1.47 bits per heavy atom. The zero-order valence-corrected chi connectivity index (χ0v) is 10.4. The number of hydrogen-bond donors (Lipinski definition) is 2. The molecule has 19 heavy (non-hydrogen) atoms. The van der Waals surface area contributed by atoms with Crippen LogP contribution in [-0.2, 0) is 11.3 Å². The van der Waals surface area contributed by atoms with Crippen molar-refractivity contribution in [3.8, 4) is 0 Å². The molecule has 1 unspecified atom stereocenters. The summed E-state index contributed by atoms with van der Waals surface area (Å²) in [6.07, 6.45) is -2.39. The van der Waals surface area contributed by atoms with Crippen molar-refractivity contribution in [2.45, 2.75) is 39.3 Å². The van der Waals surface area contributed by atoms with Gasteiger partial charge in [0.15, 0.2) is 5.69 Å². The van der Waals surface area contributed by atoms with E-state index in [2.05, 4.69) is 15.6 Å². The van der Waals surface area contributed by atoms with Gasteiger partial charge in [-0.15, -0.1) is 5.10 Å². The number of aromatic nitrogens is 3. The zero-order chi connectivity index (χ0) is 14.6. The van der Waals surface area contributed by atoms with Gasteiger partial charge in [0.1, 0.15) is 12.2 Å². The van der Waals surface area contributed by atoms with Gasteiger partial charge in [-0.3, -0.25) is 4.79 Å². The molecule has 0 fully saturated rings. The quantitative estimate of drug-likeness (QED) is 0.802. The maximum atomic E-state index is 12.8. The Bertz CT molecular complexity index is 475. The van der Waals surface area contributed by atoms with Crippen molar-refractivity contribution in [2.24, 2.45) is 0 Å². The molecule has 0 aliphatic rings. The van der Waals surface area contributed by atoms with E-state index in [1.807, 2.05) is 6.92 Å². The Morgan fingerprint density at radius 3 is 2.58 bits per heavy atom.